The van der Waals surface area contributed by atoms with E-state index in [-0.39, 0.29) is 34.3 Å². The molecule has 1 heterocycles. The number of halogens is 2. The first-order valence-corrected chi connectivity index (χ1v) is 8.10. The third-order valence-electron chi connectivity index (χ3n) is 4.04. The lowest BCUT2D eigenvalue weighted by Gasteiger charge is -2.12. The van der Waals surface area contributed by atoms with Crippen molar-refractivity contribution in [1.29, 1.82) is 0 Å². The largest absolute Gasteiger partial charge is 0.465 e. The number of aldehydes is 1. The monoisotopic (exact) mass is 372 g/mol. The fourth-order valence-corrected chi connectivity index (χ4v) is 2.84. The minimum atomic E-state index is -1.20. The summed E-state index contributed by atoms with van der Waals surface area (Å²) in [6, 6.07) is 8.56. The second-order valence-corrected chi connectivity index (χ2v) is 5.70. The Morgan fingerprint density at radius 3 is 2.52 bits per heavy atom. The first-order chi connectivity index (χ1) is 13.0. The van der Waals surface area contributed by atoms with Crippen molar-refractivity contribution < 1.29 is 27.5 Å². The number of rotatable bonds is 5. The highest BCUT2D eigenvalue weighted by molar-refractivity contribution is 5.97. The summed E-state index contributed by atoms with van der Waals surface area (Å²) in [5.41, 5.74) is -0.933. The Kier molecular flexibility index (Phi) is 5.12. The number of esters is 1. The molecule has 0 radical (unpaired) electrons. The van der Waals surface area contributed by atoms with Crippen LogP contribution in [-0.2, 0) is 14.3 Å². The van der Waals surface area contributed by atoms with Crippen LogP contribution in [0.4, 0.5) is 8.78 Å². The smallest absolute Gasteiger partial charge is 0.336 e. The number of benzene rings is 2. The molecule has 3 rings (SSSR count). The maximum Gasteiger partial charge on any atom is 0.336 e. The van der Waals surface area contributed by atoms with Crippen molar-refractivity contribution in [2.75, 3.05) is 6.61 Å². The first-order valence-electron chi connectivity index (χ1n) is 8.10. The van der Waals surface area contributed by atoms with Gasteiger partial charge in [0, 0.05) is 17.0 Å². The van der Waals surface area contributed by atoms with E-state index in [1.54, 1.807) is 6.92 Å². The third kappa shape index (κ3) is 3.48. The van der Waals surface area contributed by atoms with Crippen LogP contribution in [0.5, 0.6) is 0 Å². The molecule has 0 spiro atoms. The van der Waals surface area contributed by atoms with Crippen molar-refractivity contribution in [2.45, 2.75) is 12.8 Å². The van der Waals surface area contributed by atoms with Gasteiger partial charge in [-0.15, -0.1) is 0 Å². The molecule has 3 aromatic rings. The molecule has 2 aromatic carbocycles. The van der Waals surface area contributed by atoms with Gasteiger partial charge in [0.15, 0.2) is 0 Å². The topological polar surface area (TPSA) is 73.6 Å². The Morgan fingerprint density at radius 2 is 1.89 bits per heavy atom. The molecule has 1 aromatic heterocycles. The van der Waals surface area contributed by atoms with Crippen LogP contribution >= 0.6 is 0 Å². The van der Waals surface area contributed by atoms with E-state index in [2.05, 4.69) is 0 Å². The fraction of sp³-hybridized carbons (Fsp3) is 0.150. The van der Waals surface area contributed by atoms with Crippen LogP contribution in [0.15, 0.2) is 51.7 Å². The van der Waals surface area contributed by atoms with Gasteiger partial charge in [0.2, 0.25) is 0 Å². The Bertz CT molecular complexity index is 1070. The Hall–Kier alpha value is -3.35. The van der Waals surface area contributed by atoms with Gasteiger partial charge in [0.05, 0.1) is 12.2 Å². The minimum absolute atomic E-state index is 0.00574. The Morgan fingerprint density at radius 1 is 1.19 bits per heavy atom. The van der Waals surface area contributed by atoms with Gasteiger partial charge in [0.1, 0.15) is 29.4 Å². The van der Waals surface area contributed by atoms with Gasteiger partial charge in [0.25, 0.3) is 0 Å². The van der Waals surface area contributed by atoms with Crippen LogP contribution in [0.25, 0.3) is 22.1 Å². The SMILES string of the molecule is CCOC(=O)C(C=O)c1ccc2c(-c3c(F)cccc3F)cc(=O)oc2c1. The molecule has 27 heavy (non-hydrogen) atoms. The normalized spacial score (nSPS) is 12.0. The summed E-state index contributed by atoms with van der Waals surface area (Å²) in [7, 11) is 0. The molecule has 0 saturated heterocycles. The lowest BCUT2D eigenvalue weighted by molar-refractivity contribution is -0.146. The summed E-state index contributed by atoms with van der Waals surface area (Å²) in [5, 5.41) is 0.260. The number of hydrogen-bond donors (Lipinski definition) is 0. The molecule has 0 aliphatic carbocycles. The number of carbonyl (C=O) groups is 2. The van der Waals surface area contributed by atoms with E-state index >= 15 is 0 Å². The van der Waals surface area contributed by atoms with E-state index in [1.165, 1.54) is 24.3 Å². The zero-order valence-corrected chi connectivity index (χ0v) is 14.2. The lowest BCUT2D eigenvalue weighted by Crippen LogP contribution is -2.17. The summed E-state index contributed by atoms with van der Waals surface area (Å²) in [4.78, 5) is 35.1. The van der Waals surface area contributed by atoms with Crippen LogP contribution in [0.1, 0.15) is 18.4 Å². The molecule has 7 heteroatoms. The van der Waals surface area contributed by atoms with Crippen molar-refractivity contribution in [3.8, 4) is 11.1 Å². The Labute approximate surface area is 152 Å². The van der Waals surface area contributed by atoms with E-state index in [0.717, 1.165) is 18.2 Å². The van der Waals surface area contributed by atoms with Crippen molar-refractivity contribution in [3.63, 3.8) is 0 Å². The van der Waals surface area contributed by atoms with Gasteiger partial charge in [-0.1, -0.05) is 18.2 Å². The number of hydrogen-bond acceptors (Lipinski definition) is 5. The van der Waals surface area contributed by atoms with Crippen molar-refractivity contribution in [3.05, 3.63) is 70.1 Å². The second-order valence-electron chi connectivity index (χ2n) is 5.70. The van der Waals surface area contributed by atoms with E-state index < -0.39 is 29.1 Å². The summed E-state index contributed by atoms with van der Waals surface area (Å²) in [5.74, 6) is -3.61. The standard InChI is InChI=1S/C20H14F2O5/c1-2-26-20(25)14(10-23)11-6-7-12-13(9-18(24)27-17(12)8-11)19-15(21)4-3-5-16(19)22/h3-10,14H,2H2,1H3. The van der Waals surface area contributed by atoms with Crippen LogP contribution in [0.3, 0.4) is 0 Å². The first kappa shape index (κ1) is 18.4. The van der Waals surface area contributed by atoms with Crippen LogP contribution in [0.2, 0.25) is 0 Å². The van der Waals surface area contributed by atoms with E-state index in [9.17, 15) is 23.2 Å². The number of carbonyl (C=O) groups excluding carboxylic acids is 2. The molecule has 0 saturated carbocycles. The van der Waals surface area contributed by atoms with E-state index in [4.69, 9.17) is 9.15 Å². The van der Waals surface area contributed by atoms with Gasteiger partial charge in [-0.25, -0.2) is 13.6 Å². The molecule has 0 N–H and O–H groups in total. The van der Waals surface area contributed by atoms with Crippen molar-refractivity contribution >= 4 is 23.2 Å². The molecule has 0 fully saturated rings. The maximum atomic E-state index is 14.2. The Balaban J connectivity index is 2.21. The van der Waals surface area contributed by atoms with Crippen LogP contribution < -0.4 is 5.63 Å². The molecule has 1 atom stereocenters. The molecule has 138 valence electrons. The summed E-state index contributed by atoms with van der Waals surface area (Å²) < 4.78 is 38.3. The molecule has 1 unspecified atom stereocenters. The molecule has 0 aliphatic heterocycles. The summed E-state index contributed by atoms with van der Waals surface area (Å²) in [6.45, 7) is 1.71. The van der Waals surface area contributed by atoms with E-state index in [1.807, 2.05) is 0 Å². The summed E-state index contributed by atoms with van der Waals surface area (Å²) >= 11 is 0. The lowest BCUT2D eigenvalue weighted by atomic mass is 9.96. The highest BCUT2D eigenvalue weighted by Crippen LogP contribution is 2.32. The summed E-state index contributed by atoms with van der Waals surface area (Å²) in [6.07, 6.45) is 0.414. The number of fused-ring (bicyclic) bond motifs is 1. The van der Waals surface area contributed by atoms with Crippen molar-refractivity contribution in [2.24, 2.45) is 0 Å². The van der Waals surface area contributed by atoms with E-state index in [0.29, 0.717) is 6.29 Å². The average Bonchev–Trinajstić information content (AvgIpc) is 2.62. The highest BCUT2D eigenvalue weighted by Gasteiger charge is 2.23. The maximum absolute atomic E-state index is 14.2. The third-order valence-corrected chi connectivity index (χ3v) is 4.04. The zero-order chi connectivity index (χ0) is 19.6. The molecule has 0 bridgehead atoms. The van der Waals surface area contributed by atoms with Gasteiger partial charge in [-0.2, -0.15) is 0 Å². The molecule has 5 nitrogen and oxygen atoms in total. The quantitative estimate of drug-likeness (QED) is 0.296. The van der Waals surface area contributed by atoms with Crippen LogP contribution in [0, 0.1) is 11.6 Å². The highest BCUT2D eigenvalue weighted by atomic mass is 19.1. The van der Waals surface area contributed by atoms with Crippen LogP contribution in [-0.4, -0.2) is 18.9 Å². The molecule has 0 amide bonds. The zero-order valence-electron chi connectivity index (χ0n) is 14.2. The van der Waals surface area contributed by atoms with Gasteiger partial charge < -0.3 is 13.9 Å². The fourth-order valence-electron chi connectivity index (χ4n) is 2.84. The van der Waals surface area contributed by atoms with Crippen molar-refractivity contribution in [1.82, 2.24) is 0 Å². The minimum Gasteiger partial charge on any atom is -0.465 e. The molecular weight excluding hydrogens is 358 g/mol. The van der Waals surface area contributed by atoms with Gasteiger partial charge in [-0.3, -0.25) is 4.79 Å². The van der Waals surface area contributed by atoms with Gasteiger partial charge in [-0.05, 0) is 30.7 Å². The number of ether oxygens (including phenoxy) is 1. The second kappa shape index (κ2) is 7.49. The molecular formula is C20H14F2O5. The molecule has 0 aliphatic rings. The predicted octanol–water partition coefficient (Wildman–Crippen LogP) is 3.58. The predicted molar refractivity (Wildman–Crippen MR) is 93.3 cm³/mol. The average molecular weight is 372 g/mol. The van der Waals surface area contributed by atoms with Gasteiger partial charge >= 0.3 is 11.6 Å².